The molecule has 0 radical (unpaired) electrons. The molecule has 0 aliphatic rings. The summed E-state index contributed by atoms with van der Waals surface area (Å²) in [7, 11) is 0. The van der Waals surface area contributed by atoms with E-state index in [4.69, 9.17) is 10.00 Å². The van der Waals surface area contributed by atoms with Gasteiger partial charge in [-0.25, -0.2) is 4.79 Å². The molecule has 2 N–H and O–H groups in total. The molecule has 0 aromatic heterocycles. The minimum Gasteiger partial charge on any atom is -0.452 e. The molecule has 2 amide bonds. The van der Waals surface area contributed by atoms with E-state index in [0.717, 1.165) is 5.56 Å². The fourth-order valence-electron chi connectivity index (χ4n) is 2.48. The van der Waals surface area contributed by atoms with Crippen LogP contribution in [0.4, 0.5) is 11.4 Å². The van der Waals surface area contributed by atoms with Crippen molar-refractivity contribution in [2.24, 2.45) is 0 Å². The first-order valence-corrected chi connectivity index (χ1v) is 8.73. The van der Waals surface area contributed by atoms with Crippen LogP contribution in [0.5, 0.6) is 0 Å². The molecule has 0 fully saturated rings. The van der Waals surface area contributed by atoms with Crippen LogP contribution in [0.2, 0.25) is 0 Å². The SMILES string of the molecule is CC(C)c1ccccc1NC(=O)COC(=O)c1ccc(NC(=O)CC#N)cc1. The molecule has 7 nitrogen and oxygen atoms in total. The fourth-order valence-corrected chi connectivity index (χ4v) is 2.48. The number of hydrogen-bond donors (Lipinski definition) is 2. The summed E-state index contributed by atoms with van der Waals surface area (Å²) in [6.45, 7) is 3.64. The second-order valence-electron chi connectivity index (χ2n) is 6.33. The second-order valence-corrected chi connectivity index (χ2v) is 6.33. The Labute approximate surface area is 163 Å². The van der Waals surface area contributed by atoms with Gasteiger partial charge in [-0.3, -0.25) is 9.59 Å². The van der Waals surface area contributed by atoms with E-state index in [9.17, 15) is 14.4 Å². The quantitative estimate of drug-likeness (QED) is 0.716. The van der Waals surface area contributed by atoms with Crippen LogP contribution >= 0.6 is 0 Å². The maximum atomic E-state index is 12.1. The largest absolute Gasteiger partial charge is 0.452 e. The number of nitriles is 1. The van der Waals surface area contributed by atoms with Gasteiger partial charge in [0, 0.05) is 11.4 Å². The maximum Gasteiger partial charge on any atom is 0.338 e. The van der Waals surface area contributed by atoms with E-state index in [1.165, 1.54) is 24.3 Å². The molecule has 7 heteroatoms. The lowest BCUT2D eigenvalue weighted by Crippen LogP contribution is -2.21. The molecule has 0 saturated heterocycles. The highest BCUT2D eigenvalue weighted by Crippen LogP contribution is 2.23. The van der Waals surface area contributed by atoms with Gasteiger partial charge in [-0.2, -0.15) is 5.26 Å². The molecule has 0 aliphatic heterocycles. The van der Waals surface area contributed by atoms with Crippen LogP contribution in [-0.2, 0) is 14.3 Å². The number of esters is 1. The van der Waals surface area contributed by atoms with Gasteiger partial charge in [0.25, 0.3) is 5.91 Å². The third-order valence-electron chi connectivity index (χ3n) is 3.84. The topological polar surface area (TPSA) is 108 Å². The van der Waals surface area contributed by atoms with Crippen LogP contribution < -0.4 is 10.6 Å². The lowest BCUT2D eigenvalue weighted by Gasteiger charge is -2.13. The molecule has 2 aromatic rings. The molecular formula is C21H21N3O4. The maximum absolute atomic E-state index is 12.1. The Balaban J connectivity index is 1.89. The molecule has 28 heavy (non-hydrogen) atoms. The highest BCUT2D eigenvalue weighted by Gasteiger charge is 2.13. The summed E-state index contributed by atoms with van der Waals surface area (Å²) < 4.78 is 5.04. The number of rotatable bonds is 7. The summed E-state index contributed by atoms with van der Waals surface area (Å²) in [5.74, 6) is -1.27. The van der Waals surface area contributed by atoms with E-state index >= 15 is 0 Å². The fraction of sp³-hybridized carbons (Fsp3) is 0.238. The van der Waals surface area contributed by atoms with Gasteiger partial charge in [-0.1, -0.05) is 32.0 Å². The van der Waals surface area contributed by atoms with E-state index in [2.05, 4.69) is 10.6 Å². The van der Waals surface area contributed by atoms with Crippen LogP contribution in [0.25, 0.3) is 0 Å². The number of anilines is 2. The minimum absolute atomic E-state index is 0.242. The average Bonchev–Trinajstić information content (AvgIpc) is 2.67. The number of hydrogen-bond acceptors (Lipinski definition) is 5. The lowest BCUT2D eigenvalue weighted by molar-refractivity contribution is -0.119. The Bertz CT molecular complexity index is 899. The van der Waals surface area contributed by atoms with E-state index < -0.39 is 24.4 Å². The van der Waals surface area contributed by atoms with Crippen molar-refractivity contribution in [3.63, 3.8) is 0 Å². The molecule has 144 valence electrons. The highest BCUT2D eigenvalue weighted by atomic mass is 16.5. The molecular weight excluding hydrogens is 358 g/mol. The number of amides is 2. The van der Waals surface area contributed by atoms with Crippen LogP contribution in [0, 0.1) is 11.3 Å². The zero-order valence-corrected chi connectivity index (χ0v) is 15.7. The molecule has 0 bridgehead atoms. The van der Waals surface area contributed by atoms with Crippen molar-refractivity contribution >= 4 is 29.2 Å². The van der Waals surface area contributed by atoms with E-state index in [1.54, 1.807) is 12.1 Å². The van der Waals surface area contributed by atoms with Crippen molar-refractivity contribution in [2.75, 3.05) is 17.2 Å². The molecule has 0 spiro atoms. The summed E-state index contributed by atoms with van der Waals surface area (Å²) >= 11 is 0. The number of ether oxygens (including phenoxy) is 1. The highest BCUT2D eigenvalue weighted by molar-refractivity contribution is 5.96. The molecule has 2 rings (SSSR count). The van der Waals surface area contributed by atoms with Crippen molar-refractivity contribution in [2.45, 2.75) is 26.2 Å². The van der Waals surface area contributed by atoms with E-state index in [0.29, 0.717) is 11.4 Å². The van der Waals surface area contributed by atoms with Crippen molar-refractivity contribution < 1.29 is 19.1 Å². The Kier molecular flexibility index (Phi) is 7.28. The summed E-state index contributed by atoms with van der Waals surface area (Å²) in [6, 6.07) is 15.2. The molecule has 0 unspecified atom stereocenters. The normalized spacial score (nSPS) is 10.1. The van der Waals surface area contributed by atoms with Gasteiger partial charge in [-0.15, -0.1) is 0 Å². The number of nitrogens with one attached hydrogen (secondary N) is 2. The number of nitrogens with zero attached hydrogens (tertiary/aromatic N) is 1. The summed E-state index contributed by atoms with van der Waals surface area (Å²) in [6.07, 6.45) is -0.251. The third kappa shape index (κ3) is 5.95. The predicted molar refractivity (Wildman–Crippen MR) is 105 cm³/mol. The average molecular weight is 379 g/mol. The second kappa shape index (κ2) is 9.88. The first-order valence-electron chi connectivity index (χ1n) is 8.73. The van der Waals surface area contributed by atoms with Crippen LogP contribution in [0.15, 0.2) is 48.5 Å². The van der Waals surface area contributed by atoms with Crippen molar-refractivity contribution in [1.82, 2.24) is 0 Å². The van der Waals surface area contributed by atoms with E-state index in [1.807, 2.05) is 32.0 Å². The van der Waals surface area contributed by atoms with Gasteiger partial charge in [0.05, 0.1) is 11.6 Å². The van der Waals surface area contributed by atoms with Gasteiger partial charge in [0.1, 0.15) is 6.42 Å². The number of carbonyl (C=O) groups excluding carboxylic acids is 3. The van der Waals surface area contributed by atoms with Crippen LogP contribution in [0.1, 0.15) is 42.1 Å². The molecule has 0 heterocycles. The van der Waals surface area contributed by atoms with Crippen LogP contribution in [-0.4, -0.2) is 24.4 Å². The zero-order valence-electron chi connectivity index (χ0n) is 15.7. The Morgan fingerprint density at radius 2 is 1.68 bits per heavy atom. The van der Waals surface area contributed by atoms with Gasteiger partial charge in [0.15, 0.2) is 6.61 Å². The van der Waals surface area contributed by atoms with E-state index in [-0.39, 0.29) is 17.9 Å². The summed E-state index contributed by atoms with van der Waals surface area (Å²) in [4.78, 5) is 35.5. The van der Waals surface area contributed by atoms with Crippen molar-refractivity contribution in [1.29, 1.82) is 5.26 Å². The first kappa shape index (κ1) is 20.6. The predicted octanol–water partition coefficient (Wildman–Crippen LogP) is 3.46. The molecule has 2 aromatic carbocycles. The minimum atomic E-state index is -0.651. The van der Waals surface area contributed by atoms with Crippen molar-refractivity contribution in [3.8, 4) is 6.07 Å². The molecule has 0 atom stereocenters. The number of carbonyl (C=O) groups is 3. The number of para-hydroxylation sites is 1. The zero-order chi connectivity index (χ0) is 20.5. The monoisotopic (exact) mass is 379 g/mol. The first-order chi connectivity index (χ1) is 13.4. The van der Waals surface area contributed by atoms with Gasteiger partial charge in [-0.05, 0) is 41.8 Å². The Morgan fingerprint density at radius 3 is 2.32 bits per heavy atom. The van der Waals surface area contributed by atoms with Crippen LogP contribution in [0.3, 0.4) is 0 Å². The summed E-state index contributed by atoms with van der Waals surface area (Å²) in [5, 5.41) is 13.7. The Morgan fingerprint density at radius 1 is 1.00 bits per heavy atom. The van der Waals surface area contributed by atoms with Gasteiger partial charge < -0.3 is 15.4 Å². The standard InChI is InChI=1S/C21H21N3O4/c1-14(2)17-5-3-4-6-18(17)24-20(26)13-28-21(27)15-7-9-16(10-8-15)23-19(25)11-12-22/h3-10,14H,11,13H2,1-2H3,(H,23,25)(H,24,26). The Hall–Kier alpha value is -3.66. The molecule has 0 aliphatic carbocycles. The third-order valence-corrected chi connectivity index (χ3v) is 3.84. The summed E-state index contributed by atoms with van der Waals surface area (Å²) in [5.41, 5.74) is 2.39. The lowest BCUT2D eigenvalue weighted by atomic mass is 10.0. The van der Waals surface area contributed by atoms with Crippen molar-refractivity contribution in [3.05, 3.63) is 59.7 Å². The van der Waals surface area contributed by atoms with Gasteiger partial charge in [0.2, 0.25) is 5.91 Å². The van der Waals surface area contributed by atoms with Gasteiger partial charge >= 0.3 is 5.97 Å². The smallest absolute Gasteiger partial charge is 0.338 e. The number of benzene rings is 2. The molecule has 0 saturated carbocycles.